The van der Waals surface area contributed by atoms with Crippen molar-refractivity contribution in [2.75, 3.05) is 0 Å². The van der Waals surface area contributed by atoms with Crippen LogP contribution in [0.4, 0.5) is 0 Å². The van der Waals surface area contributed by atoms with Gasteiger partial charge in [0, 0.05) is 12.0 Å². The van der Waals surface area contributed by atoms with Crippen LogP contribution in [0.25, 0.3) is 0 Å². The first-order chi connectivity index (χ1) is 11.5. The smallest absolute Gasteiger partial charge is 0.314 e. The molecule has 0 radical (unpaired) electrons. The third kappa shape index (κ3) is 6.26. The highest BCUT2D eigenvalue weighted by Crippen LogP contribution is 2.21. The predicted octanol–water partition coefficient (Wildman–Crippen LogP) is 4.99. The summed E-state index contributed by atoms with van der Waals surface area (Å²) >= 11 is 0. The molecule has 0 saturated carbocycles. The normalized spacial score (nSPS) is 11.8. The van der Waals surface area contributed by atoms with Crippen molar-refractivity contribution in [3.8, 4) is 5.75 Å². The van der Waals surface area contributed by atoms with E-state index in [9.17, 15) is 14.4 Å². The number of ether oxygens (including phenoxy) is 1. The van der Waals surface area contributed by atoms with Gasteiger partial charge in [-0.1, -0.05) is 46.5 Å². The number of hydrogen-bond donors (Lipinski definition) is 0. The number of aldehydes is 1. The highest BCUT2D eigenvalue weighted by atomic mass is 16.5. The van der Waals surface area contributed by atoms with Crippen molar-refractivity contribution >= 4 is 18.0 Å². The van der Waals surface area contributed by atoms with Gasteiger partial charge in [0.05, 0.1) is 11.5 Å². The summed E-state index contributed by atoms with van der Waals surface area (Å²) in [5.74, 6) is -0.353. The van der Waals surface area contributed by atoms with Crippen LogP contribution in [0, 0.1) is 5.92 Å². The number of carbonyl (C=O) groups excluding carboxylic acids is 3. The molecule has 0 bridgehead atoms. The molecule has 0 N–H and O–H groups in total. The van der Waals surface area contributed by atoms with E-state index in [-0.39, 0.29) is 29.0 Å². The number of carbonyl (C=O) groups is 3. The quantitative estimate of drug-likeness (QED) is 0.188. The second kappa shape index (κ2) is 10.7. The molecule has 0 aromatic heterocycles. The van der Waals surface area contributed by atoms with E-state index in [2.05, 4.69) is 6.92 Å². The number of hydrogen-bond acceptors (Lipinski definition) is 4. The fourth-order valence-electron chi connectivity index (χ4n) is 2.32. The van der Waals surface area contributed by atoms with Crippen LogP contribution < -0.4 is 4.74 Å². The van der Waals surface area contributed by atoms with Crippen molar-refractivity contribution in [2.45, 2.75) is 65.7 Å². The van der Waals surface area contributed by atoms with E-state index in [1.807, 2.05) is 6.92 Å². The van der Waals surface area contributed by atoms with Crippen molar-refractivity contribution in [1.82, 2.24) is 0 Å². The average molecular weight is 332 g/mol. The summed E-state index contributed by atoms with van der Waals surface area (Å²) in [5.41, 5.74) is 0.736. The first kappa shape index (κ1) is 20.1. The van der Waals surface area contributed by atoms with Gasteiger partial charge in [0.2, 0.25) is 0 Å². The van der Waals surface area contributed by atoms with Crippen LogP contribution in [-0.4, -0.2) is 18.0 Å². The molecule has 1 atom stereocenters. The van der Waals surface area contributed by atoms with E-state index in [0.717, 1.165) is 19.3 Å². The summed E-state index contributed by atoms with van der Waals surface area (Å²) in [4.78, 5) is 35.3. The Labute approximate surface area is 144 Å². The molecule has 0 spiro atoms. The van der Waals surface area contributed by atoms with Gasteiger partial charge < -0.3 is 4.74 Å². The largest absolute Gasteiger partial charge is 0.426 e. The maximum absolute atomic E-state index is 12.2. The Morgan fingerprint density at radius 2 is 1.83 bits per heavy atom. The summed E-state index contributed by atoms with van der Waals surface area (Å²) in [6, 6.07) is 4.68. The zero-order valence-electron chi connectivity index (χ0n) is 15.0. The molecule has 4 nitrogen and oxygen atoms in total. The standard InChI is InChI=1S/C20H28O4/c1-4-6-7-8-9-10-18(22)16-11-12-19(17(13-16)14-21)24-20(23)15(3)5-2/h11-15H,4-10H2,1-3H3. The lowest BCUT2D eigenvalue weighted by molar-refractivity contribution is -0.138. The highest BCUT2D eigenvalue weighted by Gasteiger charge is 2.16. The Morgan fingerprint density at radius 1 is 1.12 bits per heavy atom. The number of ketones is 1. The lowest BCUT2D eigenvalue weighted by atomic mass is 10.0. The van der Waals surface area contributed by atoms with Gasteiger partial charge in [-0.25, -0.2) is 0 Å². The van der Waals surface area contributed by atoms with Crippen LogP contribution in [-0.2, 0) is 4.79 Å². The molecule has 0 aliphatic heterocycles. The molecular weight excluding hydrogens is 304 g/mol. The van der Waals surface area contributed by atoms with Crippen LogP contribution in [0.2, 0.25) is 0 Å². The molecule has 1 unspecified atom stereocenters. The maximum atomic E-state index is 12.2. The summed E-state index contributed by atoms with van der Waals surface area (Å²) in [5, 5.41) is 0. The molecule has 0 heterocycles. The predicted molar refractivity (Wildman–Crippen MR) is 94.6 cm³/mol. The number of benzene rings is 1. The van der Waals surface area contributed by atoms with Crippen LogP contribution in [0.15, 0.2) is 18.2 Å². The molecule has 0 aliphatic rings. The van der Waals surface area contributed by atoms with Gasteiger partial charge in [0.1, 0.15) is 5.75 Å². The minimum absolute atomic E-state index is 0.0226. The SMILES string of the molecule is CCCCCCCC(=O)c1ccc(OC(=O)C(C)CC)c(C=O)c1. The summed E-state index contributed by atoms with van der Waals surface area (Å²) < 4.78 is 5.27. The minimum atomic E-state index is -0.365. The monoisotopic (exact) mass is 332 g/mol. The molecule has 0 amide bonds. The molecule has 4 heteroatoms. The van der Waals surface area contributed by atoms with Crippen LogP contribution in [0.5, 0.6) is 5.75 Å². The second-order valence-corrected chi connectivity index (χ2v) is 6.19. The first-order valence-electron chi connectivity index (χ1n) is 8.87. The van der Waals surface area contributed by atoms with Gasteiger partial charge >= 0.3 is 5.97 Å². The fraction of sp³-hybridized carbons (Fsp3) is 0.550. The Morgan fingerprint density at radius 3 is 2.46 bits per heavy atom. The Bertz CT molecular complexity index is 563. The van der Waals surface area contributed by atoms with Gasteiger partial charge in [0.25, 0.3) is 0 Å². The average Bonchev–Trinajstić information content (AvgIpc) is 2.60. The van der Waals surface area contributed by atoms with Gasteiger partial charge in [0.15, 0.2) is 12.1 Å². The van der Waals surface area contributed by atoms with Crippen molar-refractivity contribution < 1.29 is 19.1 Å². The molecule has 1 aromatic rings. The van der Waals surface area contributed by atoms with E-state index < -0.39 is 0 Å². The van der Waals surface area contributed by atoms with Crippen molar-refractivity contribution in [1.29, 1.82) is 0 Å². The number of unbranched alkanes of at least 4 members (excludes halogenated alkanes) is 4. The van der Waals surface area contributed by atoms with Gasteiger partial charge in [-0.15, -0.1) is 0 Å². The van der Waals surface area contributed by atoms with Gasteiger partial charge in [-0.2, -0.15) is 0 Å². The van der Waals surface area contributed by atoms with E-state index in [1.165, 1.54) is 25.0 Å². The third-order valence-corrected chi connectivity index (χ3v) is 4.19. The summed E-state index contributed by atoms with van der Waals surface area (Å²) in [6.07, 6.45) is 7.20. The molecule has 132 valence electrons. The fourth-order valence-corrected chi connectivity index (χ4v) is 2.32. The van der Waals surface area contributed by atoms with Crippen molar-refractivity contribution in [2.24, 2.45) is 5.92 Å². The number of Topliss-reactive ketones (excluding diaryl/α,β-unsaturated/α-hetero) is 1. The van der Waals surface area contributed by atoms with E-state index in [4.69, 9.17) is 4.74 Å². The first-order valence-corrected chi connectivity index (χ1v) is 8.87. The molecule has 0 fully saturated rings. The summed E-state index contributed by atoms with van der Waals surface area (Å²) in [6.45, 7) is 5.83. The van der Waals surface area contributed by atoms with Gasteiger partial charge in [-0.05, 0) is 31.0 Å². The van der Waals surface area contributed by atoms with Crippen LogP contribution >= 0.6 is 0 Å². The van der Waals surface area contributed by atoms with Gasteiger partial charge in [-0.3, -0.25) is 14.4 Å². The zero-order chi connectivity index (χ0) is 17.9. The lowest BCUT2D eigenvalue weighted by Crippen LogP contribution is -2.17. The topological polar surface area (TPSA) is 60.4 Å². The zero-order valence-corrected chi connectivity index (χ0v) is 15.0. The third-order valence-electron chi connectivity index (χ3n) is 4.19. The van der Waals surface area contributed by atoms with E-state index >= 15 is 0 Å². The van der Waals surface area contributed by atoms with Crippen molar-refractivity contribution in [3.63, 3.8) is 0 Å². The molecule has 0 aliphatic carbocycles. The Kier molecular flexibility index (Phi) is 8.98. The second-order valence-electron chi connectivity index (χ2n) is 6.19. The molecule has 0 saturated heterocycles. The van der Waals surface area contributed by atoms with Crippen molar-refractivity contribution in [3.05, 3.63) is 29.3 Å². The van der Waals surface area contributed by atoms with Crippen LogP contribution in [0.1, 0.15) is 86.4 Å². The highest BCUT2D eigenvalue weighted by molar-refractivity contribution is 5.98. The number of esters is 1. The minimum Gasteiger partial charge on any atom is -0.426 e. The molecule has 1 aromatic carbocycles. The molecule has 24 heavy (non-hydrogen) atoms. The number of rotatable bonds is 11. The Hall–Kier alpha value is -1.97. The summed E-state index contributed by atoms with van der Waals surface area (Å²) in [7, 11) is 0. The molecular formula is C20H28O4. The van der Waals surface area contributed by atoms with Crippen LogP contribution in [0.3, 0.4) is 0 Å². The Balaban J connectivity index is 2.70. The molecule has 1 rings (SSSR count). The van der Waals surface area contributed by atoms with E-state index in [1.54, 1.807) is 13.0 Å². The van der Waals surface area contributed by atoms with E-state index in [0.29, 0.717) is 24.7 Å². The lowest BCUT2D eigenvalue weighted by Gasteiger charge is -2.11. The maximum Gasteiger partial charge on any atom is 0.314 e.